The third-order valence-corrected chi connectivity index (χ3v) is 2.87. The molecule has 19 heavy (non-hydrogen) atoms. The van der Waals surface area contributed by atoms with Crippen molar-refractivity contribution in [2.45, 2.75) is 19.5 Å². The molecule has 2 aromatic heterocycles. The van der Waals surface area contributed by atoms with Crippen LogP contribution in [0.3, 0.4) is 0 Å². The quantitative estimate of drug-likeness (QED) is 0.857. The van der Waals surface area contributed by atoms with Crippen molar-refractivity contribution in [1.29, 1.82) is 0 Å². The first kappa shape index (κ1) is 13.2. The smallest absolute Gasteiger partial charge is 0.337 e. The molecular formula is C14H15N3O2. The molecule has 2 rings (SSSR count). The molecule has 0 radical (unpaired) electrons. The Hall–Kier alpha value is -2.27. The first-order valence-electron chi connectivity index (χ1n) is 5.98. The lowest BCUT2D eigenvalue weighted by atomic mass is 10.1. The van der Waals surface area contributed by atoms with Gasteiger partial charge in [0.05, 0.1) is 11.3 Å². The standard InChI is InChI=1S/C14H15N3O2/c1-10(11-4-6-15-7-5-11)16-9-13-3-2-12(8-17-13)14(18)19/h2-8,10,16H,9H2,1H3,(H,18,19)/t10-/m1/s1. The molecular weight excluding hydrogens is 242 g/mol. The van der Waals surface area contributed by atoms with Gasteiger partial charge in [0, 0.05) is 31.2 Å². The topological polar surface area (TPSA) is 75.1 Å². The Balaban J connectivity index is 1.93. The summed E-state index contributed by atoms with van der Waals surface area (Å²) >= 11 is 0. The molecule has 0 saturated heterocycles. The molecule has 5 heteroatoms. The van der Waals surface area contributed by atoms with Crippen molar-refractivity contribution in [3.8, 4) is 0 Å². The van der Waals surface area contributed by atoms with E-state index in [0.29, 0.717) is 6.54 Å². The van der Waals surface area contributed by atoms with Gasteiger partial charge >= 0.3 is 5.97 Å². The Bertz CT molecular complexity index is 540. The normalized spacial score (nSPS) is 12.1. The van der Waals surface area contributed by atoms with Crippen LogP contribution in [-0.2, 0) is 6.54 Å². The van der Waals surface area contributed by atoms with Crippen LogP contribution in [0.2, 0.25) is 0 Å². The van der Waals surface area contributed by atoms with Crippen LogP contribution >= 0.6 is 0 Å². The summed E-state index contributed by atoms with van der Waals surface area (Å²) in [5.74, 6) is -0.961. The Labute approximate surface area is 111 Å². The van der Waals surface area contributed by atoms with Crippen LogP contribution < -0.4 is 5.32 Å². The van der Waals surface area contributed by atoms with E-state index in [2.05, 4.69) is 22.2 Å². The number of nitrogens with zero attached hydrogens (tertiary/aromatic N) is 2. The van der Waals surface area contributed by atoms with Crippen molar-refractivity contribution in [2.75, 3.05) is 0 Å². The van der Waals surface area contributed by atoms with Gasteiger partial charge in [-0.05, 0) is 36.8 Å². The zero-order chi connectivity index (χ0) is 13.7. The fraction of sp³-hybridized carbons (Fsp3) is 0.214. The molecule has 0 fully saturated rings. The molecule has 5 nitrogen and oxygen atoms in total. The maximum Gasteiger partial charge on any atom is 0.337 e. The molecule has 0 aliphatic heterocycles. The summed E-state index contributed by atoms with van der Waals surface area (Å²) in [6, 6.07) is 7.38. The summed E-state index contributed by atoms with van der Waals surface area (Å²) in [6.07, 6.45) is 4.89. The van der Waals surface area contributed by atoms with Crippen molar-refractivity contribution < 1.29 is 9.90 Å². The largest absolute Gasteiger partial charge is 0.478 e. The number of pyridine rings is 2. The van der Waals surface area contributed by atoms with Crippen LogP contribution in [0.25, 0.3) is 0 Å². The lowest BCUT2D eigenvalue weighted by Crippen LogP contribution is -2.18. The molecule has 0 amide bonds. The van der Waals surface area contributed by atoms with Gasteiger partial charge in [-0.1, -0.05) is 0 Å². The average molecular weight is 257 g/mol. The Morgan fingerprint density at radius 3 is 2.63 bits per heavy atom. The van der Waals surface area contributed by atoms with Crippen LogP contribution in [0.4, 0.5) is 0 Å². The van der Waals surface area contributed by atoms with Crippen molar-refractivity contribution in [1.82, 2.24) is 15.3 Å². The molecule has 0 aromatic carbocycles. The van der Waals surface area contributed by atoms with E-state index in [9.17, 15) is 4.79 Å². The zero-order valence-corrected chi connectivity index (χ0v) is 10.6. The molecule has 2 heterocycles. The van der Waals surface area contributed by atoms with E-state index in [4.69, 9.17) is 5.11 Å². The Morgan fingerprint density at radius 2 is 2.05 bits per heavy atom. The summed E-state index contributed by atoms with van der Waals surface area (Å²) in [5.41, 5.74) is 2.16. The summed E-state index contributed by atoms with van der Waals surface area (Å²) in [6.45, 7) is 2.64. The van der Waals surface area contributed by atoms with E-state index in [0.717, 1.165) is 11.3 Å². The second kappa shape index (κ2) is 6.06. The monoisotopic (exact) mass is 257 g/mol. The molecule has 0 spiro atoms. The van der Waals surface area contributed by atoms with Crippen molar-refractivity contribution >= 4 is 5.97 Å². The minimum Gasteiger partial charge on any atom is -0.478 e. The van der Waals surface area contributed by atoms with Crippen molar-refractivity contribution in [3.63, 3.8) is 0 Å². The zero-order valence-electron chi connectivity index (χ0n) is 10.6. The number of carboxylic acid groups (broad SMARTS) is 1. The molecule has 1 atom stereocenters. The summed E-state index contributed by atoms with van der Waals surface area (Å²) in [7, 11) is 0. The number of carboxylic acids is 1. The van der Waals surface area contributed by atoms with Gasteiger partial charge in [-0.2, -0.15) is 0 Å². The number of rotatable bonds is 5. The second-order valence-electron chi connectivity index (χ2n) is 4.23. The Morgan fingerprint density at radius 1 is 1.32 bits per heavy atom. The predicted octanol–water partition coefficient (Wildman–Crippen LogP) is 2.03. The Kier molecular flexibility index (Phi) is 4.20. The average Bonchev–Trinajstić information content (AvgIpc) is 2.46. The molecule has 2 N–H and O–H groups in total. The van der Waals surface area contributed by atoms with Gasteiger partial charge in [-0.15, -0.1) is 0 Å². The van der Waals surface area contributed by atoms with Crippen molar-refractivity contribution in [2.24, 2.45) is 0 Å². The maximum absolute atomic E-state index is 10.7. The summed E-state index contributed by atoms with van der Waals surface area (Å²) in [5, 5.41) is 12.1. The van der Waals surface area contributed by atoms with Crippen LogP contribution in [0.5, 0.6) is 0 Å². The van der Waals surface area contributed by atoms with Crippen LogP contribution in [-0.4, -0.2) is 21.0 Å². The fourth-order valence-electron chi connectivity index (χ4n) is 1.68. The molecule has 0 aliphatic rings. The number of nitrogens with one attached hydrogen (secondary N) is 1. The number of aromatic nitrogens is 2. The van der Waals surface area contributed by atoms with E-state index in [1.54, 1.807) is 24.5 Å². The van der Waals surface area contributed by atoms with Gasteiger partial charge < -0.3 is 10.4 Å². The minimum atomic E-state index is -0.961. The lowest BCUT2D eigenvalue weighted by molar-refractivity contribution is 0.0696. The lowest BCUT2D eigenvalue weighted by Gasteiger charge is -2.13. The summed E-state index contributed by atoms with van der Waals surface area (Å²) < 4.78 is 0. The van der Waals surface area contributed by atoms with Gasteiger partial charge in [0.15, 0.2) is 0 Å². The first-order valence-corrected chi connectivity index (χ1v) is 5.98. The minimum absolute atomic E-state index is 0.184. The highest BCUT2D eigenvalue weighted by Gasteiger charge is 2.06. The number of aromatic carboxylic acids is 1. The van der Waals surface area contributed by atoms with Gasteiger partial charge in [-0.25, -0.2) is 4.79 Å². The van der Waals surface area contributed by atoms with Gasteiger partial charge in [0.2, 0.25) is 0 Å². The van der Waals surface area contributed by atoms with Crippen molar-refractivity contribution in [3.05, 3.63) is 59.7 Å². The van der Waals surface area contributed by atoms with E-state index >= 15 is 0 Å². The van der Waals surface area contributed by atoms with Crippen LogP contribution in [0.15, 0.2) is 42.9 Å². The number of carbonyl (C=O) groups is 1. The molecule has 0 bridgehead atoms. The molecule has 98 valence electrons. The van der Waals surface area contributed by atoms with E-state index in [1.807, 2.05) is 12.1 Å². The summed E-state index contributed by atoms with van der Waals surface area (Å²) in [4.78, 5) is 18.8. The highest BCUT2D eigenvalue weighted by molar-refractivity contribution is 5.87. The molecule has 0 aliphatic carbocycles. The molecule has 2 aromatic rings. The van der Waals surface area contributed by atoms with Crippen LogP contribution in [0.1, 0.15) is 34.6 Å². The maximum atomic E-state index is 10.7. The predicted molar refractivity (Wildman–Crippen MR) is 70.7 cm³/mol. The van der Waals surface area contributed by atoms with E-state index in [1.165, 1.54) is 6.20 Å². The van der Waals surface area contributed by atoms with Gasteiger partial charge in [0.1, 0.15) is 0 Å². The highest BCUT2D eigenvalue weighted by Crippen LogP contribution is 2.11. The third-order valence-electron chi connectivity index (χ3n) is 2.87. The SMILES string of the molecule is C[C@@H](NCc1ccc(C(=O)O)cn1)c1ccncc1. The first-order chi connectivity index (χ1) is 9.16. The highest BCUT2D eigenvalue weighted by atomic mass is 16.4. The number of hydrogen-bond donors (Lipinski definition) is 2. The molecule has 0 saturated carbocycles. The van der Waals surface area contributed by atoms with Gasteiger partial charge in [-0.3, -0.25) is 9.97 Å². The number of hydrogen-bond acceptors (Lipinski definition) is 4. The fourth-order valence-corrected chi connectivity index (χ4v) is 1.68. The van der Waals surface area contributed by atoms with E-state index < -0.39 is 5.97 Å². The van der Waals surface area contributed by atoms with Gasteiger partial charge in [0.25, 0.3) is 0 Å². The third kappa shape index (κ3) is 3.59. The van der Waals surface area contributed by atoms with Crippen LogP contribution in [0, 0.1) is 0 Å². The molecule has 0 unspecified atom stereocenters. The second-order valence-corrected chi connectivity index (χ2v) is 4.23. The van der Waals surface area contributed by atoms with E-state index in [-0.39, 0.29) is 11.6 Å².